The molecule has 6 nitrogen and oxygen atoms in total. The maximum absolute atomic E-state index is 10.8. The topological polar surface area (TPSA) is 80.2 Å². The molecule has 3 rings (SSSR count). The number of carboxylic acid groups (broad SMARTS) is 1. The number of nitrogens with zero attached hydrogens (tertiary/aromatic N) is 1. The molecule has 0 fully saturated rings. The van der Waals surface area contributed by atoms with Gasteiger partial charge < -0.3 is 14.6 Å². The normalized spacial score (nSPS) is 13.5. The molecule has 0 amide bonds. The molecule has 0 saturated heterocycles. The summed E-state index contributed by atoms with van der Waals surface area (Å²) in [4.78, 5) is 10.8. The highest BCUT2D eigenvalue weighted by atomic mass is 16.6. The van der Waals surface area contributed by atoms with Crippen LogP contribution in [-0.2, 0) is 0 Å². The lowest BCUT2D eigenvalue weighted by Gasteiger charge is -2.18. The zero-order chi connectivity index (χ0) is 16.2. The van der Waals surface area contributed by atoms with Crippen molar-refractivity contribution >= 4 is 17.4 Å². The highest BCUT2D eigenvalue weighted by Crippen LogP contribution is 2.30. The number of aromatic carboxylic acids is 1. The van der Waals surface area contributed by atoms with Gasteiger partial charge in [0, 0.05) is 5.56 Å². The van der Waals surface area contributed by atoms with E-state index >= 15 is 0 Å². The van der Waals surface area contributed by atoms with E-state index in [2.05, 4.69) is 10.5 Å². The van der Waals surface area contributed by atoms with Gasteiger partial charge in [0.25, 0.3) is 0 Å². The van der Waals surface area contributed by atoms with Crippen molar-refractivity contribution in [1.82, 2.24) is 0 Å². The maximum Gasteiger partial charge on any atom is 0.335 e. The average Bonchev–Trinajstić information content (AvgIpc) is 2.59. The lowest BCUT2D eigenvalue weighted by molar-refractivity contribution is 0.0697. The lowest BCUT2D eigenvalue weighted by Crippen LogP contribution is -2.15. The SMILES string of the molecule is C/C(=N/Nc1ccc(C(=O)O)cc1)c1ccc2c(c1)OCCO2. The Morgan fingerprint density at radius 2 is 1.70 bits per heavy atom. The summed E-state index contributed by atoms with van der Waals surface area (Å²) in [6, 6.07) is 12.1. The first-order chi connectivity index (χ1) is 11.1. The summed E-state index contributed by atoms with van der Waals surface area (Å²) in [6.45, 7) is 2.98. The Labute approximate surface area is 133 Å². The number of ether oxygens (including phenoxy) is 2. The van der Waals surface area contributed by atoms with Crippen molar-refractivity contribution in [3.8, 4) is 11.5 Å². The number of benzene rings is 2. The van der Waals surface area contributed by atoms with Gasteiger partial charge in [0.2, 0.25) is 0 Å². The molecule has 0 saturated carbocycles. The van der Waals surface area contributed by atoms with E-state index in [-0.39, 0.29) is 5.56 Å². The molecule has 0 atom stereocenters. The molecule has 0 aliphatic carbocycles. The number of carboxylic acids is 1. The van der Waals surface area contributed by atoms with E-state index in [4.69, 9.17) is 14.6 Å². The second-order valence-corrected chi connectivity index (χ2v) is 5.05. The fraction of sp³-hybridized carbons (Fsp3) is 0.176. The van der Waals surface area contributed by atoms with E-state index in [1.54, 1.807) is 12.1 Å². The van der Waals surface area contributed by atoms with E-state index in [0.29, 0.717) is 24.7 Å². The van der Waals surface area contributed by atoms with Crippen LogP contribution in [0.3, 0.4) is 0 Å². The van der Waals surface area contributed by atoms with E-state index < -0.39 is 5.97 Å². The fourth-order valence-corrected chi connectivity index (χ4v) is 2.17. The van der Waals surface area contributed by atoms with Crippen molar-refractivity contribution < 1.29 is 19.4 Å². The average molecular weight is 312 g/mol. The van der Waals surface area contributed by atoms with Crippen molar-refractivity contribution in [2.75, 3.05) is 18.6 Å². The van der Waals surface area contributed by atoms with E-state index in [1.165, 1.54) is 12.1 Å². The molecular weight excluding hydrogens is 296 g/mol. The van der Waals surface area contributed by atoms with Crippen molar-refractivity contribution in [2.24, 2.45) is 5.10 Å². The Kier molecular flexibility index (Phi) is 4.14. The van der Waals surface area contributed by atoms with E-state index in [0.717, 1.165) is 17.0 Å². The predicted molar refractivity (Wildman–Crippen MR) is 86.7 cm³/mol. The van der Waals surface area contributed by atoms with Crippen LogP contribution in [0.1, 0.15) is 22.8 Å². The quantitative estimate of drug-likeness (QED) is 0.670. The highest BCUT2D eigenvalue weighted by Gasteiger charge is 2.12. The number of carbonyl (C=O) groups is 1. The highest BCUT2D eigenvalue weighted by molar-refractivity contribution is 5.99. The number of rotatable bonds is 4. The molecule has 1 aliphatic rings. The zero-order valence-corrected chi connectivity index (χ0v) is 12.6. The Morgan fingerprint density at radius 3 is 2.39 bits per heavy atom. The van der Waals surface area contributed by atoms with Crippen molar-refractivity contribution in [3.05, 3.63) is 53.6 Å². The number of hydrazone groups is 1. The molecule has 1 aliphatic heterocycles. The van der Waals surface area contributed by atoms with Gasteiger partial charge in [0.15, 0.2) is 11.5 Å². The molecule has 1 heterocycles. The molecule has 118 valence electrons. The molecule has 0 radical (unpaired) electrons. The van der Waals surface area contributed by atoms with Crippen LogP contribution < -0.4 is 14.9 Å². The Bertz CT molecular complexity index is 754. The summed E-state index contributed by atoms with van der Waals surface area (Å²) in [5.74, 6) is 0.506. The van der Waals surface area contributed by atoms with Crippen LogP contribution in [0, 0.1) is 0 Å². The molecule has 2 aromatic carbocycles. The molecule has 0 bridgehead atoms. The summed E-state index contributed by atoms with van der Waals surface area (Å²) in [5.41, 5.74) is 5.57. The van der Waals surface area contributed by atoms with Crippen molar-refractivity contribution in [2.45, 2.75) is 6.92 Å². The molecule has 23 heavy (non-hydrogen) atoms. The number of hydrogen-bond acceptors (Lipinski definition) is 5. The summed E-state index contributed by atoms with van der Waals surface area (Å²) in [5, 5.41) is 13.2. The molecule has 2 N–H and O–H groups in total. The Morgan fingerprint density at radius 1 is 1.04 bits per heavy atom. The molecule has 0 unspecified atom stereocenters. The van der Waals surface area contributed by atoms with Gasteiger partial charge in [-0.25, -0.2) is 4.79 Å². The van der Waals surface area contributed by atoms with Gasteiger partial charge in [-0.3, -0.25) is 5.43 Å². The number of nitrogens with one attached hydrogen (secondary N) is 1. The van der Waals surface area contributed by atoms with E-state index in [9.17, 15) is 4.79 Å². The Hall–Kier alpha value is -3.02. The number of fused-ring (bicyclic) bond motifs is 1. The Balaban J connectivity index is 1.73. The largest absolute Gasteiger partial charge is 0.486 e. The van der Waals surface area contributed by atoms with Crippen LogP contribution in [0.15, 0.2) is 47.6 Å². The van der Waals surface area contributed by atoms with Crippen LogP contribution in [0.5, 0.6) is 11.5 Å². The van der Waals surface area contributed by atoms with Crippen LogP contribution in [-0.4, -0.2) is 30.0 Å². The second-order valence-electron chi connectivity index (χ2n) is 5.05. The first kappa shape index (κ1) is 14.9. The smallest absolute Gasteiger partial charge is 0.335 e. The number of anilines is 1. The van der Waals surface area contributed by atoms with Gasteiger partial charge in [-0.15, -0.1) is 0 Å². The minimum Gasteiger partial charge on any atom is -0.486 e. The second kappa shape index (κ2) is 6.39. The zero-order valence-electron chi connectivity index (χ0n) is 12.6. The van der Waals surface area contributed by atoms with Crippen LogP contribution in [0.25, 0.3) is 0 Å². The van der Waals surface area contributed by atoms with Gasteiger partial charge in [-0.1, -0.05) is 0 Å². The van der Waals surface area contributed by atoms with Crippen LogP contribution in [0.4, 0.5) is 5.69 Å². The summed E-state index contributed by atoms with van der Waals surface area (Å²) in [7, 11) is 0. The summed E-state index contributed by atoms with van der Waals surface area (Å²) >= 11 is 0. The molecular formula is C17H16N2O4. The molecule has 2 aromatic rings. The monoisotopic (exact) mass is 312 g/mol. The minimum atomic E-state index is -0.951. The summed E-state index contributed by atoms with van der Waals surface area (Å²) < 4.78 is 11.0. The standard InChI is InChI=1S/C17H16N2O4/c1-11(13-4-7-15-16(10-13)23-9-8-22-15)18-19-14-5-2-12(3-6-14)17(20)21/h2-7,10,19H,8-9H2,1H3,(H,20,21)/b18-11-. The van der Waals surface area contributed by atoms with Gasteiger partial charge >= 0.3 is 5.97 Å². The van der Waals surface area contributed by atoms with Gasteiger partial charge in [-0.05, 0) is 49.4 Å². The van der Waals surface area contributed by atoms with Crippen molar-refractivity contribution in [3.63, 3.8) is 0 Å². The van der Waals surface area contributed by atoms with Crippen LogP contribution in [0.2, 0.25) is 0 Å². The lowest BCUT2D eigenvalue weighted by atomic mass is 10.1. The van der Waals surface area contributed by atoms with Gasteiger partial charge in [0.1, 0.15) is 13.2 Å². The first-order valence-electron chi connectivity index (χ1n) is 7.17. The summed E-state index contributed by atoms with van der Waals surface area (Å²) in [6.07, 6.45) is 0. The third kappa shape index (κ3) is 3.42. The van der Waals surface area contributed by atoms with Gasteiger partial charge in [-0.2, -0.15) is 5.10 Å². The predicted octanol–water partition coefficient (Wildman–Crippen LogP) is 2.99. The van der Waals surface area contributed by atoms with Crippen LogP contribution >= 0.6 is 0 Å². The van der Waals surface area contributed by atoms with Crippen molar-refractivity contribution in [1.29, 1.82) is 0 Å². The maximum atomic E-state index is 10.8. The van der Waals surface area contributed by atoms with Gasteiger partial charge in [0.05, 0.1) is 17.0 Å². The fourth-order valence-electron chi connectivity index (χ4n) is 2.17. The molecule has 0 spiro atoms. The third-order valence-electron chi connectivity index (χ3n) is 3.44. The molecule has 6 heteroatoms. The minimum absolute atomic E-state index is 0.239. The first-order valence-corrected chi connectivity index (χ1v) is 7.17. The molecule has 0 aromatic heterocycles. The van der Waals surface area contributed by atoms with E-state index in [1.807, 2.05) is 25.1 Å². The third-order valence-corrected chi connectivity index (χ3v) is 3.44. The number of hydrogen-bond donors (Lipinski definition) is 2.